The molecule has 4 aliphatic rings. The molecule has 66 heavy (non-hydrogen) atoms. The first-order valence-corrected chi connectivity index (χ1v) is 22.5. The summed E-state index contributed by atoms with van der Waals surface area (Å²) in [7, 11) is 0. The number of piperidine rings is 2. The zero-order valence-corrected chi connectivity index (χ0v) is 37.7. The molecule has 0 spiro atoms. The highest BCUT2D eigenvalue weighted by Crippen LogP contribution is 2.42. The fourth-order valence-electron chi connectivity index (χ4n) is 8.41. The third kappa shape index (κ3) is 9.68. The first-order valence-electron chi connectivity index (χ1n) is 21.8. The number of H-pyrrole nitrogens is 2. The van der Waals surface area contributed by atoms with Crippen molar-refractivity contribution in [3.63, 3.8) is 0 Å². The molecule has 6 aromatic heterocycles. The van der Waals surface area contributed by atoms with Crippen molar-refractivity contribution >= 4 is 68.5 Å². The summed E-state index contributed by atoms with van der Waals surface area (Å²) >= 11 is 13.0. The van der Waals surface area contributed by atoms with Gasteiger partial charge in [-0.1, -0.05) is 23.2 Å². The van der Waals surface area contributed by atoms with Crippen molar-refractivity contribution in [1.82, 2.24) is 69.5 Å². The van der Waals surface area contributed by atoms with Gasteiger partial charge >= 0.3 is 0 Å². The van der Waals surface area contributed by atoms with Crippen LogP contribution in [0.2, 0.25) is 10.3 Å². The Labute approximate surface area is 385 Å². The lowest BCUT2D eigenvalue weighted by atomic mass is 10.0. The lowest BCUT2D eigenvalue weighted by Crippen LogP contribution is -2.57. The molecular formula is C40H50Cl2F4N16O4. The van der Waals surface area contributed by atoms with Crippen LogP contribution in [0.1, 0.15) is 38.8 Å². The molecule has 0 saturated carbocycles. The molecule has 10 rings (SSSR count). The summed E-state index contributed by atoms with van der Waals surface area (Å²) in [6.45, 7) is 10.4. The van der Waals surface area contributed by atoms with Crippen molar-refractivity contribution in [2.75, 3.05) is 103 Å². The molecule has 4 fully saturated rings. The maximum atomic E-state index is 14.9. The van der Waals surface area contributed by atoms with Gasteiger partial charge in [0.05, 0.1) is 74.2 Å². The maximum absolute atomic E-state index is 14.9. The standard InChI is InChI=1S/2C20H25ClF2N8O2/c2*1-2-33-18-13-3-5-24-17(13)27-19(28-18)26-14-11-25-31(16(14)21)15-12-30(6-4-20(15,22)23)29-7-9-32-10-8-29/h2*3,5,11,15H,2,4,6-10,12H2,1H3,(H2,24,26,27,28). The van der Waals surface area contributed by atoms with Gasteiger partial charge in [0.15, 0.2) is 10.3 Å². The van der Waals surface area contributed by atoms with E-state index in [4.69, 9.17) is 42.1 Å². The summed E-state index contributed by atoms with van der Waals surface area (Å²) in [5, 5.41) is 24.0. The molecular weight excluding hydrogens is 915 g/mol. The molecule has 10 heterocycles. The minimum absolute atomic E-state index is 0.0663. The summed E-state index contributed by atoms with van der Waals surface area (Å²) in [6, 6.07) is 1.23. The van der Waals surface area contributed by atoms with Gasteiger partial charge in [-0.3, -0.25) is 0 Å². The van der Waals surface area contributed by atoms with E-state index in [1.165, 1.54) is 21.8 Å². The molecule has 0 aromatic carbocycles. The Morgan fingerprint density at radius 2 is 1.05 bits per heavy atom. The number of nitrogens with one attached hydrogen (secondary N) is 4. The van der Waals surface area contributed by atoms with Crippen molar-refractivity contribution in [2.24, 2.45) is 0 Å². The molecule has 4 saturated heterocycles. The molecule has 4 aliphatic heterocycles. The Morgan fingerprint density at radius 3 is 1.44 bits per heavy atom. The third-order valence-corrected chi connectivity index (χ3v) is 12.6. The topological polar surface area (TPSA) is 193 Å². The Hall–Kier alpha value is -5.08. The number of alkyl halides is 4. The zero-order valence-electron chi connectivity index (χ0n) is 36.2. The summed E-state index contributed by atoms with van der Waals surface area (Å²) in [5.74, 6) is -4.63. The fraction of sp³-hybridized carbons (Fsp3) is 0.550. The molecule has 0 bridgehead atoms. The summed E-state index contributed by atoms with van der Waals surface area (Å²) in [5.41, 5.74) is 1.84. The number of halogens is 6. The molecule has 356 valence electrons. The minimum Gasteiger partial charge on any atom is -0.477 e. The van der Waals surface area contributed by atoms with E-state index in [0.29, 0.717) is 100 Å². The Kier molecular flexibility index (Phi) is 13.7. The van der Waals surface area contributed by atoms with E-state index in [2.05, 4.69) is 60.8 Å². The number of hydrazine groups is 2. The van der Waals surface area contributed by atoms with Gasteiger partial charge in [0, 0.05) is 77.6 Å². The van der Waals surface area contributed by atoms with E-state index in [0.717, 1.165) is 10.8 Å². The fourth-order valence-corrected chi connectivity index (χ4v) is 8.92. The van der Waals surface area contributed by atoms with Gasteiger partial charge in [0.25, 0.3) is 11.8 Å². The van der Waals surface area contributed by atoms with Crippen LogP contribution < -0.4 is 20.1 Å². The Bertz CT molecular complexity index is 2410. The number of nitrogens with zero attached hydrogens (tertiary/aromatic N) is 12. The van der Waals surface area contributed by atoms with Crippen molar-refractivity contribution < 1.29 is 36.5 Å². The average molecular weight is 966 g/mol. The number of aromatic amines is 2. The zero-order chi connectivity index (χ0) is 46.0. The number of hydrogen-bond acceptors (Lipinski definition) is 16. The SMILES string of the molecule is CCOc1nc(Nc2cnn(C3CN(N4CCOCC4)CCC3(F)F)c2Cl)nc2[nH]ccc12.CCOc1nc(Nc2cnn(C3CN(N4CCOCC4)CCC3(F)F)c2Cl)nc2[nH]ccc12. The first-order chi connectivity index (χ1) is 31.9. The van der Waals surface area contributed by atoms with E-state index < -0.39 is 23.9 Å². The van der Waals surface area contributed by atoms with Crippen LogP contribution in [0.3, 0.4) is 0 Å². The van der Waals surface area contributed by atoms with Crippen LogP contribution in [0, 0.1) is 0 Å². The Morgan fingerprint density at radius 1 is 0.636 bits per heavy atom. The van der Waals surface area contributed by atoms with Crippen LogP contribution in [0.5, 0.6) is 11.8 Å². The van der Waals surface area contributed by atoms with Gasteiger partial charge in [0.2, 0.25) is 23.7 Å². The number of morpholine rings is 2. The molecule has 0 radical (unpaired) electrons. The quantitative estimate of drug-likeness (QED) is 0.102. The summed E-state index contributed by atoms with van der Waals surface area (Å²) in [4.78, 5) is 23.6. The molecule has 4 N–H and O–H groups in total. The van der Waals surface area contributed by atoms with Crippen LogP contribution in [0.4, 0.5) is 40.8 Å². The average Bonchev–Trinajstić information content (AvgIpc) is 4.14. The van der Waals surface area contributed by atoms with Crippen molar-refractivity contribution in [3.8, 4) is 11.8 Å². The van der Waals surface area contributed by atoms with E-state index in [1.807, 2.05) is 36.0 Å². The van der Waals surface area contributed by atoms with Crippen LogP contribution >= 0.6 is 23.2 Å². The van der Waals surface area contributed by atoms with Crippen LogP contribution in [-0.4, -0.2) is 173 Å². The minimum atomic E-state index is -2.95. The number of fused-ring (bicyclic) bond motifs is 2. The van der Waals surface area contributed by atoms with Gasteiger partial charge in [0.1, 0.15) is 23.4 Å². The Balaban J connectivity index is 0.000000166. The molecule has 26 heteroatoms. The van der Waals surface area contributed by atoms with Crippen molar-refractivity contribution in [2.45, 2.75) is 50.6 Å². The first kappa shape index (κ1) is 46.0. The van der Waals surface area contributed by atoms with Gasteiger partial charge < -0.3 is 39.5 Å². The predicted octanol–water partition coefficient (Wildman–Crippen LogP) is 6.16. The largest absolute Gasteiger partial charge is 0.477 e. The highest BCUT2D eigenvalue weighted by molar-refractivity contribution is 6.32. The third-order valence-electron chi connectivity index (χ3n) is 11.8. The van der Waals surface area contributed by atoms with Crippen LogP contribution in [0.25, 0.3) is 22.1 Å². The highest BCUT2D eigenvalue weighted by atomic mass is 35.5. The van der Waals surface area contributed by atoms with Crippen molar-refractivity contribution in [3.05, 3.63) is 47.2 Å². The molecule has 6 aromatic rings. The molecule has 2 unspecified atom stereocenters. The highest BCUT2D eigenvalue weighted by Gasteiger charge is 2.49. The predicted molar refractivity (Wildman–Crippen MR) is 236 cm³/mol. The number of ether oxygens (including phenoxy) is 4. The molecule has 2 atom stereocenters. The van der Waals surface area contributed by atoms with E-state index in [9.17, 15) is 17.6 Å². The molecule has 20 nitrogen and oxygen atoms in total. The lowest BCUT2D eigenvalue weighted by Gasteiger charge is -2.44. The molecule has 0 aliphatic carbocycles. The second-order valence-electron chi connectivity index (χ2n) is 15.9. The smallest absolute Gasteiger partial charge is 0.272 e. The van der Waals surface area contributed by atoms with Gasteiger partial charge in [-0.15, -0.1) is 0 Å². The number of rotatable bonds is 12. The monoisotopic (exact) mass is 964 g/mol. The van der Waals surface area contributed by atoms with Gasteiger partial charge in [-0.05, 0) is 26.0 Å². The van der Waals surface area contributed by atoms with E-state index in [-0.39, 0.29) is 61.2 Å². The van der Waals surface area contributed by atoms with Gasteiger partial charge in [-0.2, -0.15) is 30.1 Å². The normalized spacial score (nSPS) is 22.0. The summed E-state index contributed by atoms with van der Waals surface area (Å²) < 4.78 is 84.1. The second kappa shape index (κ2) is 19.6. The molecule has 0 amide bonds. The maximum Gasteiger partial charge on any atom is 0.272 e. The van der Waals surface area contributed by atoms with Gasteiger partial charge in [-0.25, -0.2) is 47.0 Å². The van der Waals surface area contributed by atoms with Crippen molar-refractivity contribution in [1.29, 1.82) is 0 Å². The van der Waals surface area contributed by atoms with Crippen LogP contribution in [-0.2, 0) is 9.47 Å². The van der Waals surface area contributed by atoms with E-state index in [1.54, 1.807) is 12.4 Å². The number of aromatic nitrogens is 10. The lowest BCUT2D eigenvalue weighted by molar-refractivity contribution is -0.168. The number of anilines is 4. The second-order valence-corrected chi connectivity index (χ2v) is 16.6. The number of hydrogen-bond donors (Lipinski definition) is 4. The van der Waals surface area contributed by atoms with E-state index >= 15 is 0 Å². The van der Waals surface area contributed by atoms with Crippen LogP contribution in [0.15, 0.2) is 36.9 Å². The summed E-state index contributed by atoms with van der Waals surface area (Å²) in [6.07, 6.45) is 5.74.